The van der Waals surface area contributed by atoms with Crippen LogP contribution in [0.3, 0.4) is 0 Å². The Morgan fingerprint density at radius 1 is 1.22 bits per heavy atom. The lowest BCUT2D eigenvalue weighted by Gasteiger charge is -2.23. The van der Waals surface area contributed by atoms with Crippen molar-refractivity contribution in [3.05, 3.63) is 59.2 Å². The number of hydrogen-bond donors (Lipinski definition) is 0. The fourth-order valence-corrected chi connectivity index (χ4v) is 2.39. The van der Waals surface area contributed by atoms with Crippen molar-refractivity contribution in [1.82, 2.24) is 0 Å². The molecular weight excluding hydrogens is 286 g/mol. The van der Waals surface area contributed by atoms with Gasteiger partial charge < -0.3 is 4.74 Å². The molecular formula is C20H25NO2. The summed E-state index contributed by atoms with van der Waals surface area (Å²) in [6.07, 6.45) is 6.37. The van der Waals surface area contributed by atoms with Crippen molar-refractivity contribution in [2.24, 2.45) is 0 Å². The second-order valence-corrected chi connectivity index (χ2v) is 5.95. The molecule has 1 aromatic carbocycles. The summed E-state index contributed by atoms with van der Waals surface area (Å²) in [6, 6.07) is 11.3. The van der Waals surface area contributed by atoms with Gasteiger partial charge >= 0.3 is 5.97 Å². The Morgan fingerprint density at radius 2 is 1.87 bits per heavy atom. The average molecular weight is 311 g/mol. The van der Waals surface area contributed by atoms with E-state index in [2.05, 4.69) is 26.0 Å². The summed E-state index contributed by atoms with van der Waals surface area (Å²) in [4.78, 5) is 12.3. The lowest BCUT2D eigenvalue weighted by Crippen LogP contribution is -2.35. The van der Waals surface area contributed by atoms with E-state index in [9.17, 15) is 10.1 Å². The zero-order valence-corrected chi connectivity index (χ0v) is 14.4. The lowest BCUT2D eigenvalue weighted by atomic mass is 9.78. The maximum atomic E-state index is 12.3. The van der Waals surface area contributed by atoms with Crippen LogP contribution in [-0.4, -0.2) is 13.1 Å². The molecule has 0 aromatic heterocycles. The molecule has 0 bridgehead atoms. The van der Waals surface area contributed by atoms with Crippen LogP contribution in [0.15, 0.2) is 53.6 Å². The normalized spacial score (nSPS) is 13.6. The molecule has 3 nitrogen and oxygen atoms in total. The number of esters is 1. The maximum Gasteiger partial charge on any atom is 0.331 e. The molecule has 1 unspecified atom stereocenters. The van der Waals surface area contributed by atoms with Crippen LogP contribution < -0.4 is 0 Å². The van der Waals surface area contributed by atoms with E-state index in [1.807, 2.05) is 31.2 Å². The number of nitrogens with zero attached hydrogens (tertiary/aromatic N) is 1. The van der Waals surface area contributed by atoms with Gasteiger partial charge in [-0.25, -0.2) is 4.79 Å². The largest absolute Gasteiger partial charge is 0.468 e. The fraction of sp³-hybridized carbons (Fsp3) is 0.400. The van der Waals surface area contributed by atoms with Gasteiger partial charge in [-0.15, -0.1) is 0 Å². The number of nitriles is 1. The van der Waals surface area contributed by atoms with Crippen LogP contribution in [0.5, 0.6) is 0 Å². The van der Waals surface area contributed by atoms with Gasteiger partial charge in [-0.1, -0.05) is 53.6 Å². The predicted octanol–water partition coefficient (Wildman–Crippen LogP) is 4.70. The highest BCUT2D eigenvalue weighted by Gasteiger charge is 2.41. The van der Waals surface area contributed by atoms with Gasteiger partial charge in [-0.05, 0) is 45.6 Å². The number of ether oxygens (including phenoxy) is 1. The van der Waals surface area contributed by atoms with Crippen LogP contribution in [0.25, 0.3) is 0 Å². The molecule has 1 rings (SSSR count). The highest BCUT2D eigenvalue weighted by atomic mass is 16.5. The summed E-state index contributed by atoms with van der Waals surface area (Å²) in [5, 5.41) is 9.70. The molecule has 0 fully saturated rings. The van der Waals surface area contributed by atoms with Gasteiger partial charge in [0.2, 0.25) is 0 Å². The van der Waals surface area contributed by atoms with E-state index in [0.717, 1.165) is 12.8 Å². The third-order valence-electron chi connectivity index (χ3n) is 3.84. The Morgan fingerprint density at radius 3 is 2.39 bits per heavy atom. The van der Waals surface area contributed by atoms with E-state index >= 15 is 0 Å². The molecule has 122 valence electrons. The van der Waals surface area contributed by atoms with Gasteiger partial charge in [0.05, 0.1) is 13.2 Å². The minimum Gasteiger partial charge on any atom is -0.468 e. The van der Waals surface area contributed by atoms with E-state index in [1.165, 1.54) is 18.3 Å². The topological polar surface area (TPSA) is 50.1 Å². The van der Waals surface area contributed by atoms with E-state index in [1.54, 1.807) is 12.1 Å². The summed E-state index contributed by atoms with van der Waals surface area (Å²) < 4.78 is 4.91. The summed E-state index contributed by atoms with van der Waals surface area (Å²) in [7, 11) is 1.32. The molecule has 0 amide bonds. The van der Waals surface area contributed by atoms with Crippen molar-refractivity contribution < 1.29 is 9.53 Å². The van der Waals surface area contributed by atoms with Gasteiger partial charge in [0.1, 0.15) is 0 Å². The molecule has 0 radical (unpaired) electrons. The number of methoxy groups -OCH3 is 1. The zero-order chi connectivity index (χ0) is 17.3. The molecule has 23 heavy (non-hydrogen) atoms. The van der Waals surface area contributed by atoms with Gasteiger partial charge in [0, 0.05) is 0 Å². The van der Waals surface area contributed by atoms with E-state index in [4.69, 9.17) is 4.74 Å². The molecule has 0 saturated heterocycles. The lowest BCUT2D eigenvalue weighted by molar-refractivity contribution is -0.145. The molecule has 0 heterocycles. The zero-order valence-electron chi connectivity index (χ0n) is 14.4. The Hall–Kier alpha value is -2.34. The first kappa shape index (κ1) is 18.7. The minimum atomic E-state index is -1.28. The third-order valence-corrected chi connectivity index (χ3v) is 3.84. The molecule has 1 aromatic rings. The third kappa shape index (κ3) is 5.10. The number of rotatable bonds is 7. The summed E-state index contributed by atoms with van der Waals surface area (Å²) in [6.45, 7) is 6.18. The summed E-state index contributed by atoms with van der Waals surface area (Å²) in [5.41, 5.74) is 1.85. The van der Waals surface area contributed by atoms with Crippen molar-refractivity contribution in [2.45, 2.75) is 45.4 Å². The van der Waals surface area contributed by atoms with Crippen molar-refractivity contribution in [2.75, 3.05) is 7.11 Å². The Bertz CT molecular complexity index is 619. The SMILES string of the molecule is COC(=O)C(C#N)(C/C=C(\C)CCC=C(C)C)c1ccccc1. The van der Waals surface area contributed by atoms with E-state index < -0.39 is 11.4 Å². The predicted molar refractivity (Wildman–Crippen MR) is 92.8 cm³/mol. The molecule has 0 saturated carbocycles. The van der Waals surface area contributed by atoms with Crippen LogP contribution in [0.2, 0.25) is 0 Å². The molecule has 3 heteroatoms. The van der Waals surface area contributed by atoms with Crippen molar-refractivity contribution in [1.29, 1.82) is 5.26 Å². The smallest absolute Gasteiger partial charge is 0.331 e. The van der Waals surface area contributed by atoms with Crippen molar-refractivity contribution in [3.8, 4) is 6.07 Å². The first-order chi connectivity index (χ1) is 11.0. The molecule has 0 aliphatic rings. The number of hydrogen-bond acceptors (Lipinski definition) is 3. The Labute approximate surface area is 139 Å². The number of benzene rings is 1. The first-order valence-corrected chi connectivity index (χ1v) is 7.80. The van der Waals surface area contributed by atoms with Crippen molar-refractivity contribution in [3.63, 3.8) is 0 Å². The van der Waals surface area contributed by atoms with E-state index in [0.29, 0.717) is 12.0 Å². The second-order valence-electron chi connectivity index (χ2n) is 5.95. The molecule has 1 atom stereocenters. The minimum absolute atomic E-state index is 0.320. The van der Waals surface area contributed by atoms with E-state index in [-0.39, 0.29) is 0 Å². The van der Waals surface area contributed by atoms with Crippen LogP contribution >= 0.6 is 0 Å². The van der Waals surface area contributed by atoms with Gasteiger partial charge in [0.25, 0.3) is 0 Å². The number of carbonyl (C=O) groups excluding carboxylic acids is 1. The molecule has 0 aliphatic carbocycles. The number of allylic oxidation sites excluding steroid dienone is 4. The summed E-state index contributed by atoms with van der Waals surface area (Å²) >= 11 is 0. The quantitative estimate of drug-likeness (QED) is 0.541. The highest BCUT2D eigenvalue weighted by molar-refractivity contribution is 5.87. The summed E-state index contributed by atoms with van der Waals surface area (Å²) in [5.74, 6) is -0.514. The number of carbonyl (C=O) groups is 1. The second kappa shape index (κ2) is 8.95. The van der Waals surface area contributed by atoms with Crippen molar-refractivity contribution >= 4 is 5.97 Å². The van der Waals surface area contributed by atoms with Crippen LogP contribution in [-0.2, 0) is 14.9 Å². The van der Waals surface area contributed by atoms with Gasteiger partial charge in [-0.3, -0.25) is 0 Å². The molecule has 0 aliphatic heterocycles. The van der Waals surface area contributed by atoms with Gasteiger partial charge in [0.15, 0.2) is 5.41 Å². The van der Waals surface area contributed by atoms with Crippen LogP contribution in [0.1, 0.15) is 45.6 Å². The maximum absolute atomic E-state index is 12.3. The first-order valence-electron chi connectivity index (χ1n) is 7.80. The Balaban J connectivity index is 3.02. The van der Waals surface area contributed by atoms with Crippen LogP contribution in [0.4, 0.5) is 0 Å². The average Bonchev–Trinajstić information content (AvgIpc) is 2.56. The monoisotopic (exact) mass is 311 g/mol. The highest BCUT2D eigenvalue weighted by Crippen LogP contribution is 2.30. The molecule has 0 N–H and O–H groups in total. The molecule has 0 spiro atoms. The van der Waals surface area contributed by atoms with Crippen LogP contribution in [0, 0.1) is 11.3 Å². The van der Waals surface area contributed by atoms with Gasteiger partial charge in [-0.2, -0.15) is 5.26 Å². The Kier molecular flexibility index (Phi) is 7.28. The standard InChI is InChI=1S/C20H25NO2/c1-16(2)9-8-10-17(3)13-14-20(15-21,19(22)23-4)18-11-6-5-7-12-18/h5-7,9,11-13H,8,10,14H2,1-4H3/b17-13+. The fourth-order valence-electron chi connectivity index (χ4n) is 2.39.